The number of hydrogen-bond donors (Lipinski definition) is 0. The normalized spacial score (nSPS) is 10.7. The molecule has 2 aromatic rings. The minimum absolute atomic E-state index is 0.0661. The van der Waals surface area contributed by atoms with Gasteiger partial charge in [-0.3, -0.25) is 0 Å². The maximum Gasteiger partial charge on any atom is 0.194 e. The van der Waals surface area contributed by atoms with Gasteiger partial charge in [-0.1, -0.05) is 37.0 Å². The number of sulfone groups is 1. The van der Waals surface area contributed by atoms with Gasteiger partial charge in [0.25, 0.3) is 0 Å². The van der Waals surface area contributed by atoms with Gasteiger partial charge in [0.2, 0.25) is 0 Å². The highest BCUT2D eigenvalue weighted by Gasteiger charge is 2.15. The van der Waals surface area contributed by atoms with Crippen molar-refractivity contribution in [3.63, 3.8) is 0 Å². The average molecular weight is 303 g/mol. The minimum atomic E-state index is -3.41. The Morgan fingerprint density at radius 1 is 1.37 bits per heavy atom. The maximum atomic E-state index is 11.3. The van der Waals surface area contributed by atoms with Crippen LogP contribution in [-0.2, 0) is 9.84 Å². The summed E-state index contributed by atoms with van der Waals surface area (Å²) in [5, 5.41) is 3.46. The first-order chi connectivity index (χ1) is 8.90. The van der Waals surface area contributed by atoms with Crippen LogP contribution in [0.5, 0.6) is 0 Å². The van der Waals surface area contributed by atoms with Gasteiger partial charge < -0.3 is 4.52 Å². The molecule has 2 heterocycles. The van der Waals surface area contributed by atoms with Crippen LogP contribution in [-0.4, -0.2) is 24.8 Å². The molecule has 0 bridgehead atoms. The molecule has 0 atom stereocenters. The molecule has 0 unspecified atom stereocenters. The van der Waals surface area contributed by atoms with Gasteiger partial charge in [-0.2, -0.15) is 0 Å². The van der Waals surface area contributed by atoms with Crippen LogP contribution in [0.4, 0.5) is 0 Å². The van der Waals surface area contributed by atoms with Crippen molar-refractivity contribution in [1.29, 1.82) is 0 Å². The van der Waals surface area contributed by atoms with Crippen molar-refractivity contribution < 1.29 is 12.9 Å². The molecule has 0 fully saturated rings. The summed E-state index contributed by atoms with van der Waals surface area (Å²) in [7, 11) is -3.41. The fourth-order valence-electron chi connectivity index (χ4n) is 1.20. The SMILES string of the molecule is CCC.CS(=O)(=O)c1ncc(-c2ccno2)cc1Cl. The zero-order chi connectivity index (χ0) is 14.5. The van der Waals surface area contributed by atoms with Crippen molar-refractivity contribution >= 4 is 21.4 Å². The van der Waals surface area contributed by atoms with Crippen LogP contribution in [0.25, 0.3) is 11.3 Å². The highest BCUT2D eigenvalue weighted by atomic mass is 35.5. The van der Waals surface area contributed by atoms with Crippen LogP contribution in [0.15, 0.2) is 34.1 Å². The largest absolute Gasteiger partial charge is 0.356 e. The van der Waals surface area contributed by atoms with E-state index in [1.165, 1.54) is 24.9 Å². The van der Waals surface area contributed by atoms with Gasteiger partial charge in [-0.05, 0) is 6.07 Å². The number of hydrogen-bond acceptors (Lipinski definition) is 5. The molecule has 0 saturated carbocycles. The van der Waals surface area contributed by atoms with E-state index in [2.05, 4.69) is 24.0 Å². The van der Waals surface area contributed by atoms with E-state index in [0.717, 1.165) is 6.26 Å². The summed E-state index contributed by atoms with van der Waals surface area (Å²) in [4.78, 5) is 3.80. The third-order valence-corrected chi connectivity index (χ3v) is 3.31. The summed E-state index contributed by atoms with van der Waals surface area (Å²) in [5.41, 5.74) is 0.579. The van der Waals surface area contributed by atoms with E-state index >= 15 is 0 Å². The standard InChI is InChI=1S/C9H7ClN2O3S.C3H8/c1-16(13,14)9-7(10)4-6(5-11-9)8-2-3-12-15-8;1-3-2/h2-5H,1H3;3H2,1-2H3. The molecular weight excluding hydrogens is 288 g/mol. The summed E-state index contributed by atoms with van der Waals surface area (Å²) in [6.45, 7) is 4.25. The Morgan fingerprint density at radius 2 is 2.00 bits per heavy atom. The molecule has 0 saturated heterocycles. The van der Waals surface area contributed by atoms with Gasteiger partial charge in [0.15, 0.2) is 20.6 Å². The smallest absolute Gasteiger partial charge is 0.194 e. The minimum Gasteiger partial charge on any atom is -0.356 e. The summed E-state index contributed by atoms with van der Waals surface area (Å²) in [6.07, 6.45) is 5.16. The quantitative estimate of drug-likeness (QED) is 0.851. The number of rotatable bonds is 2. The lowest BCUT2D eigenvalue weighted by molar-refractivity contribution is 0.432. The Labute approximate surface area is 117 Å². The Balaban J connectivity index is 0.000000550. The molecule has 2 aromatic heterocycles. The Hall–Kier alpha value is -1.40. The molecule has 19 heavy (non-hydrogen) atoms. The number of aromatic nitrogens is 2. The molecule has 0 aliphatic carbocycles. The van der Waals surface area contributed by atoms with Crippen molar-refractivity contribution in [2.24, 2.45) is 0 Å². The average Bonchev–Trinajstić information content (AvgIpc) is 2.81. The van der Waals surface area contributed by atoms with Crippen molar-refractivity contribution in [1.82, 2.24) is 10.1 Å². The van der Waals surface area contributed by atoms with Crippen LogP contribution in [0, 0.1) is 0 Å². The lowest BCUT2D eigenvalue weighted by Crippen LogP contribution is -2.01. The van der Waals surface area contributed by atoms with Crippen molar-refractivity contribution in [2.75, 3.05) is 6.26 Å². The topological polar surface area (TPSA) is 73.1 Å². The Morgan fingerprint density at radius 3 is 2.42 bits per heavy atom. The molecular formula is C12H15ClN2O3S. The molecule has 2 rings (SSSR count). The monoisotopic (exact) mass is 302 g/mol. The number of nitrogens with zero attached hydrogens (tertiary/aromatic N) is 2. The second kappa shape index (κ2) is 6.68. The molecule has 0 amide bonds. The second-order valence-electron chi connectivity index (χ2n) is 3.87. The van der Waals surface area contributed by atoms with Gasteiger partial charge in [0.05, 0.1) is 11.2 Å². The van der Waals surface area contributed by atoms with E-state index in [1.807, 2.05) is 0 Å². The van der Waals surface area contributed by atoms with Crippen molar-refractivity contribution in [3.8, 4) is 11.3 Å². The van der Waals surface area contributed by atoms with Crippen LogP contribution in [0.3, 0.4) is 0 Å². The zero-order valence-corrected chi connectivity index (χ0v) is 12.5. The Kier molecular flexibility index (Phi) is 5.50. The van der Waals surface area contributed by atoms with Gasteiger partial charge in [-0.25, -0.2) is 13.4 Å². The van der Waals surface area contributed by atoms with Crippen LogP contribution < -0.4 is 0 Å². The molecule has 7 heteroatoms. The molecule has 104 valence electrons. The predicted molar refractivity (Wildman–Crippen MR) is 73.8 cm³/mol. The van der Waals surface area contributed by atoms with E-state index in [4.69, 9.17) is 16.1 Å². The molecule has 5 nitrogen and oxygen atoms in total. The molecule has 0 aliphatic rings. The van der Waals surface area contributed by atoms with E-state index < -0.39 is 9.84 Å². The number of pyridine rings is 1. The van der Waals surface area contributed by atoms with Gasteiger partial charge in [-0.15, -0.1) is 0 Å². The van der Waals surface area contributed by atoms with E-state index in [0.29, 0.717) is 11.3 Å². The highest BCUT2D eigenvalue weighted by molar-refractivity contribution is 7.90. The van der Waals surface area contributed by atoms with E-state index in [9.17, 15) is 8.42 Å². The van der Waals surface area contributed by atoms with Gasteiger partial charge >= 0.3 is 0 Å². The van der Waals surface area contributed by atoms with Crippen molar-refractivity contribution in [3.05, 3.63) is 29.5 Å². The first-order valence-electron chi connectivity index (χ1n) is 5.66. The molecule has 0 N–H and O–H groups in total. The van der Waals surface area contributed by atoms with Crippen LogP contribution in [0.2, 0.25) is 5.02 Å². The van der Waals surface area contributed by atoms with E-state index in [-0.39, 0.29) is 10.0 Å². The fraction of sp³-hybridized carbons (Fsp3) is 0.333. The zero-order valence-electron chi connectivity index (χ0n) is 10.9. The lowest BCUT2D eigenvalue weighted by Gasteiger charge is -2.01. The van der Waals surface area contributed by atoms with Gasteiger partial charge in [0, 0.05) is 24.1 Å². The summed E-state index contributed by atoms with van der Waals surface area (Å²) >= 11 is 5.83. The molecule has 0 spiro atoms. The molecule has 0 aromatic carbocycles. The van der Waals surface area contributed by atoms with Crippen molar-refractivity contribution in [2.45, 2.75) is 25.3 Å². The predicted octanol–water partition coefficient (Wildman–Crippen LogP) is 3.21. The van der Waals surface area contributed by atoms with Gasteiger partial charge in [0.1, 0.15) is 0 Å². The lowest BCUT2D eigenvalue weighted by atomic mass is 10.2. The third kappa shape index (κ3) is 4.33. The second-order valence-corrected chi connectivity index (χ2v) is 6.21. The summed E-state index contributed by atoms with van der Waals surface area (Å²) < 4.78 is 27.4. The maximum absolute atomic E-state index is 11.3. The Bertz CT molecular complexity index is 624. The third-order valence-electron chi connectivity index (χ3n) is 1.88. The first-order valence-corrected chi connectivity index (χ1v) is 7.93. The van der Waals surface area contributed by atoms with E-state index in [1.54, 1.807) is 6.07 Å². The fourth-order valence-corrected chi connectivity index (χ4v) is 2.44. The van der Waals surface area contributed by atoms with Crippen LogP contribution >= 0.6 is 11.6 Å². The highest BCUT2D eigenvalue weighted by Crippen LogP contribution is 2.25. The van der Waals surface area contributed by atoms with Crippen LogP contribution in [0.1, 0.15) is 20.3 Å². The summed E-state index contributed by atoms with van der Waals surface area (Å²) in [5.74, 6) is 0.481. The number of halogens is 1. The first kappa shape index (κ1) is 15.7. The summed E-state index contributed by atoms with van der Waals surface area (Å²) in [6, 6.07) is 3.11. The molecule has 0 aliphatic heterocycles. The molecule has 0 radical (unpaired) electrons.